The molecule has 2 rings (SSSR count). The van der Waals surface area contributed by atoms with E-state index in [-0.39, 0.29) is 10.6 Å². The average Bonchev–Trinajstić information content (AvgIpc) is 2.76. The van der Waals surface area contributed by atoms with E-state index in [9.17, 15) is 13.2 Å². The zero-order valence-electron chi connectivity index (χ0n) is 11.1. The molecule has 0 amide bonds. The first-order valence-electron chi connectivity index (χ1n) is 5.79. The first kappa shape index (κ1) is 15.5. The fraction of sp³-hybridized carbons (Fsp3) is 0.167. The van der Waals surface area contributed by atoms with E-state index in [1.165, 1.54) is 6.92 Å². The van der Waals surface area contributed by atoms with E-state index >= 15 is 0 Å². The van der Waals surface area contributed by atoms with Crippen molar-refractivity contribution >= 4 is 37.6 Å². The van der Waals surface area contributed by atoms with Crippen molar-refractivity contribution in [2.24, 2.45) is 0 Å². The van der Waals surface area contributed by atoms with Gasteiger partial charge in [-0.2, -0.15) is 5.10 Å². The van der Waals surface area contributed by atoms with Crippen molar-refractivity contribution in [2.45, 2.75) is 18.7 Å². The molecule has 0 aliphatic heterocycles. The molecular weight excluding hydrogens is 362 g/mol. The van der Waals surface area contributed by atoms with Crippen LogP contribution in [-0.2, 0) is 10.0 Å². The smallest absolute Gasteiger partial charge is 0.357 e. The number of rotatable bonds is 4. The monoisotopic (exact) mass is 373 g/mol. The van der Waals surface area contributed by atoms with Gasteiger partial charge in [0.1, 0.15) is 4.90 Å². The Hall–Kier alpha value is -1.87. The number of aromatic carboxylic acids is 1. The topological polar surface area (TPSA) is 112 Å². The molecule has 21 heavy (non-hydrogen) atoms. The maximum atomic E-state index is 12.4. The highest BCUT2D eigenvalue weighted by Gasteiger charge is 2.28. The molecule has 1 heterocycles. The van der Waals surface area contributed by atoms with Gasteiger partial charge in [-0.3, -0.25) is 9.82 Å². The Labute approximate surface area is 129 Å². The molecule has 0 aliphatic carbocycles. The van der Waals surface area contributed by atoms with Crippen molar-refractivity contribution < 1.29 is 18.3 Å². The molecule has 7 nitrogen and oxygen atoms in total. The van der Waals surface area contributed by atoms with E-state index < -0.39 is 21.7 Å². The van der Waals surface area contributed by atoms with Crippen LogP contribution in [0.3, 0.4) is 0 Å². The minimum absolute atomic E-state index is 0.161. The van der Waals surface area contributed by atoms with E-state index in [0.717, 1.165) is 10.0 Å². The summed E-state index contributed by atoms with van der Waals surface area (Å²) in [4.78, 5) is 10.7. The summed E-state index contributed by atoms with van der Waals surface area (Å²) < 4.78 is 27.9. The van der Waals surface area contributed by atoms with Crippen molar-refractivity contribution in [1.82, 2.24) is 10.2 Å². The predicted octanol–water partition coefficient (Wildman–Crippen LogP) is 2.29. The molecule has 3 N–H and O–H groups in total. The van der Waals surface area contributed by atoms with Crippen molar-refractivity contribution in [1.29, 1.82) is 0 Å². The number of H-pyrrole nitrogens is 1. The minimum atomic E-state index is -4.05. The van der Waals surface area contributed by atoms with Gasteiger partial charge in [0, 0.05) is 10.2 Å². The number of carboxylic acid groups (broad SMARTS) is 1. The Morgan fingerprint density at radius 2 is 2.05 bits per heavy atom. The van der Waals surface area contributed by atoms with E-state index in [0.29, 0.717) is 5.69 Å². The predicted molar refractivity (Wildman–Crippen MR) is 80.0 cm³/mol. The van der Waals surface area contributed by atoms with Gasteiger partial charge >= 0.3 is 5.97 Å². The quantitative estimate of drug-likeness (QED) is 0.760. The van der Waals surface area contributed by atoms with E-state index in [1.807, 2.05) is 6.92 Å². The maximum absolute atomic E-state index is 12.4. The van der Waals surface area contributed by atoms with Gasteiger partial charge in [-0.1, -0.05) is 15.9 Å². The number of carboxylic acids is 1. The second-order valence-corrected chi connectivity index (χ2v) is 6.87. The number of carbonyl (C=O) groups is 1. The van der Waals surface area contributed by atoms with Crippen LogP contribution in [0.2, 0.25) is 0 Å². The number of nitrogens with zero attached hydrogens (tertiary/aromatic N) is 1. The van der Waals surface area contributed by atoms with Crippen LogP contribution in [0.4, 0.5) is 5.69 Å². The van der Waals surface area contributed by atoms with Crippen LogP contribution in [0.25, 0.3) is 0 Å². The van der Waals surface area contributed by atoms with Gasteiger partial charge in [0.25, 0.3) is 10.0 Å². The number of aryl methyl sites for hydroxylation is 2. The molecule has 0 saturated carbocycles. The highest BCUT2D eigenvalue weighted by Crippen LogP contribution is 2.24. The Morgan fingerprint density at radius 1 is 1.38 bits per heavy atom. The van der Waals surface area contributed by atoms with E-state index in [2.05, 4.69) is 30.8 Å². The number of hydrogen-bond acceptors (Lipinski definition) is 4. The lowest BCUT2D eigenvalue weighted by atomic mass is 10.2. The van der Waals surface area contributed by atoms with Crippen LogP contribution in [0, 0.1) is 13.8 Å². The van der Waals surface area contributed by atoms with E-state index in [4.69, 9.17) is 5.11 Å². The number of sulfonamides is 1. The minimum Gasteiger partial charge on any atom is -0.476 e. The standard InChI is InChI=1S/C12H12BrN3O4S/c1-6-5-8(3-4-9(6)13)16-21(19,20)11-7(2)14-15-10(11)12(17)18/h3-5,16H,1-2H3,(H,14,15)(H,17,18). The van der Waals surface area contributed by atoms with Gasteiger partial charge in [-0.05, 0) is 37.6 Å². The fourth-order valence-electron chi connectivity index (χ4n) is 1.81. The number of aromatic amines is 1. The summed E-state index contributed by atoms with van der Waals surface area (Å²) in [6.45, 7) is 3.26. The molecular formula is C12H12BrN3O4S. The number of anilines is 1. The molecule has 9 heteroatoms. The number of benzene rings is 1. The van der Waals surface area contributed by atoms with Crippen LogP contribution in [-0.4, -0.2) is 29.7 Å². The zero-order chi connectivity index (χ0) is 15.8. The highest BCUT2D eigenvalue weighted by atomic mass is 79.9. The lowest BCUT2D eigenvalue weighted by molar-refractivity contribution is 0.0686. The van der Waals surface area contributed by atoms with Crippen LogP contribution in [0.15, 0.2) is 27.6 Å². The van der Waals surface area contributed by atoms with Gasteiger partial charge in [-0.25, -0.2) is 13.2 Å². The van der Waals surface area contributed by atoms with Gasteiger partial charge in [-0.15, -0.1) is 0 Å². The third kappa shape index (κ3) is 3.08. The second kappa shape index (κ2) is 5.49. The largest absolute Gasteiger partial charge is 0.476 e. The average molecular weight is 374 g/mol. The molecule has 0 atom stereocenters. The van der Waals surface area contributed by atoms with Gasteiger partial charge < -0.3 is 5.11 Å². The first-order valence-corrected chi connectivity index (χ1v) is 8.07. The number of hydrogen-bond donors (Lipinski definition) is 3. The SMILES string of the molecule is Cc1cc(NS(=O)(=O)c2c(C(=O)O)n[nH]c2C)ccc1Br. The van der Waals surface area contributed by atoms with Crippen LogP contribution in [0.5, 0.6) is 0 Å². The van der Waals surface area contributed by atoms with Crippen molar-refractivity contribution in [2.75, 3.05) is 4.72 Å². The summed E-state index contributed by atoms with van der Waals surface area (Å²) in [6.07, 6.45) is 0. The molecule has 0 fully saturated rings. The summed E-state index contributed by atoms with van der Waals surface area (Å²) in [6, 6.07) is 4.91. The summed E-state index contributed by atoms with van der Waals surface area (Å²) in [7, 11) is -4.05. The molecule has 0 radical (unpaired) electrons. The fourth-order valence-corrected chi connectivity index (χ4v) is 3.43. The zero-order valence-corrected chi connectivity index (χ0v) is 13.5. The summed E-state index contributed by atoms with van der Waals surface area (Å²) in [5, 5.41) is 14.9. The van der Waals surface area contributed by atoms with Crippen LogP contribution < -0.4 is 4.72 Å². The van der Waals surface area contributed by atoms with Crippen molar-refractivity contribution in [3.05, 3.63) is 39.6 Å². The van der Waals surface area contributed by atoms with Gasteiger partial charge in [0.05, 0.1) is 5.69 Å². The van der Waals surface area contributed by atoms with Crippen molar-refractivity contribution in [3.8, 4) is 0 Å². The van der Waals surface area contributed by atoms with Gasteiger partial charge in [0.2, 0.25) is 0 Å². The lowest BCUT2D eigenvalue weighted by Crippen LogP contribution is -2.17. The highest BCUT2D eigenvalue weighted by molar-refractivity contribution is 9.10. The molecule has 1 aromatic heterocycles. The first-order chi connectivity index (χ1) is 9.72. The Kier molecular flexibility index (Phi) is 4.06. The molecule has 0 unspecified atom stereocenters. The maximum Gasteiger partial charge on any atom is 0.357 e. The lowest BCUT2D eigenvalue weighted by Gasteiger charge is -2.09. The molecule has 0 bridgehead atoms. The molecule has 0 aliphatic rings. The van der Waals surface area contributed by atoms with Crippen LogP contribution >= 0.6 is 15.9 Å². The number of aromatic nitrogens is 2. The van der Waals surface area contributed by atoms with Crippen LogP contribution in [0.1, 0.15) is 21.7 Å². The molecule has 2 aromatic rings. The summed E-state index contributed by atoms with van der Waals surface area (Å²) in [5.41, 5.74) is 0.813. The van der Waals surface area contributed by atoms with Crippen molar-refractivity contribution in [3.63, 3.8) is 0 Å². The third-order valence-corrected chi connectivity index (χ3v) is 5.20. The Balaban J connectivity index is 2.45. The molecule has 1 aromatic carbocycles. The molecule has 0 saturated heterocycles. The second-order valence-electron chi connectivity index (χ2n) is 4.40. The molecule has 0 spiro atoms. The summed E-state index contributed by atoms with van der Waals surface area (Å²) in [5.74, 6) is -1.41. The Morgan fingerprint density at radius 3 is 2.62 bits per heavy atom. The van der Waals surface area contributed by atoms with E-state index in [1.54, 1.807) is 18.2 Å². The molecule has 112 valence electrons. The number of nitrogens with one attached hydrogen (secondary N) is 2. The third-order valence-electron chi connectivity index (χ3n) is 2.77. The summed E-state index contributed by atoms with van der Waals surface area (Å²) >= 11 is 3.32. The Bertz CT molecular complexity index is 814. The number of halogens is 1. The van der Waals surface area contributed by atoms with Gasteiger partial charge in [0.15, 0.2) is 5.69 Å². The normalized spacial score (nSPS) is 11.4.